The number of imidazole rings is 1. The minimum Gasteiger partial charge on any atom is -0.384 e. The lowest BCUT2D eigenvalue weighted by atomic mass is 9.98. The van der Waals surface area contributed by atoms with Gasteiger partial charge in [-0.25, -0.2) is 9.97 Å². The number of fused-ring (bicyclic) bond motifs is 2. The Balaban J connectivity index is 1.54. The third-order valence-corrected chi connectivity index (χ3v) is 6.17. The molecular weight excluding hydrogens is 348 g/mol. The normalized spacial score (nSPS) is 16.4. The van der Waals surface area contributed by atoms with Crippen LogP contribution in [0.15, 0.2) is 30.3 Å². The molecule has 144 valence electrons. The second-order valence-electron chi connectivity index (χ2n) is 8.34. The number of H-pyrrole nitrogens is 1. The molecule has 5 heteroatoms. The fourth-order valence-corrected chi connectivity index (χ4v) is 4.64. The Hall–Kier alpha value is -2.66. The van der Waals surface area contributed by atoms with Crippen molar-refractivity contribution in [1.82, 2.24) is 19.5 Å². The van der Waals surface area contributed by atoms with E-state index in [1.807, 2.05) is 13.8 Å². The van der Waals surface area contributed by atoms with Crippen LogP contribution in [0.25, 0.3) is 22.1 Å². The van der Waals surface area contributed by atoms with E-state index in [1.54, 1.807) is 0 Å². The number of hydrogen-bond acceptors (Lipinski definition) is 3. The molecule has 0 atom stereocenters. The summed E-state index contributed by atoms with van der Waals surface area (Å²) in [6.07, 6.45) is 3.88. The van der Waals surface area contributed by atoms with Gasteiger partial charge in [-0.2, -0.15) is 0 Å². The van der Waals surface area contributed by atoms with Crippen LogP contribution < -0.4 is 0 Å². The first kappa shape index (κ1) is 17.4. The summed E-state index contributed by atoms with van der Waals surface area (Å²) in [5.74, 6) is 0.978. The maximum atomic E-state index is 10.9. The van der Waals surface area contributed by atoms with Gasteiger partial charge in [-0.15, -0.1) is 0 Å². The van der Waals surface area contributed by atoms with Gasteiger partial charge in [0.05, 0.1) is 6.54 Å². The van der Waals surface area contributed by atoms with E-state index in [2.05, 4.69) is 46.8 Å². The molecule has 1 aromatic carbocycles. The van der Waals surface area contributed by atoms with Crippen LogP contribution in [0.4, 0.5) is 0 Å². The number of aromatic amines is 1. The summed E-state index contributed by atoms with van der Waals surface area (Å²) in [6.45, 7) is 6.90. The molecule has 0 bridgehead atoms. The number of nitrogens with zero attached hydrogens (tertiary/aromatic N) is 3. The molecule has 5 nitrogen and oxygen atoms in total. The first-order valence-electron chi connectivity index (χ1n) is 10.1. The van der Waals surface area contributed by atoms with Crippen LogP contribution in [0.5, 0.6) is 0 Å². The Labute approximate surface area is 164 Å². The third kappa shape index (κ3) is 2.73. The Bertz CT molecular complexity index is 1190. The average Bonchev–Trinajstić information content (AvgIpc) is 3.35. The molecule has 3 heterocycles. The summed E-state index contributed by atoms with van der Waals surface area (Å²) in [5, 5.41) is 12.0. The highest BCUT2D eigenvalue weighted by Crippen LogP contribution is 2.39. The van der Waals surface area contributed by atoms with Crippen LogP contribution in [0, 0.1) is 20.8 Å². The maximum Gasteiger partial charge on any atom is 0.160 e. The molecule has 0 saturated heterocycles. The number of aliphatic hydroxyl groups is 1. The standard InChI is InChI=1S/C23H26N4O/c1-14-10-15(2)24-22-21(14)25-16(3)27(22)13-17-6-7-19-18(11-17)12-20(26-19)23(28)8-4-5-9-23/h6-7,10-12,26,28H,4-5,8-9,13H2,1-3H3. The van der Waals surface area contributed by atoms with Crippen molar-refractivity contribution in [1.29, 1.82) is 0 Å². The zero-order valence-corrected chi connectivity index (χ0v) is 16.7. The van der Waals surface area contributed by atoms with Crippen molar-refractivity contribution in [3.05, 3.63) is 58.7 Å². The zero-order chi connectivity index (χ0) is 19.5. The smallest absolute Gasteiger partial charge is 0.160 e. The van der Waals surface area contributed by atoms with E-state index in [1.165, 1.54) is 11.1 Å². The quantitative estimate of drug-likeness (QED) is 0.549. The molecule has 1 saturated carbocycles. The van der Waals surface area contributed by atoms with Gasteiger partial charge in [0.15, 0.2) is 5.65 Å². The van der Waals surface area contributed by atoms with Crippen LogP contribution in [0.1, 0.15) is 54.0 Å². The Morgan fingerprint density at radius 1 is 1.07 bits per heavy atom. The van der Waals surface area contributed by atoms with Crippen LogP contribution in [0.2, 0.25) is 0 Å². The SMILES string of the molecule is Cc1cc(C)c2nc(C)n(Cc3ccc4[nH]c(C5(O)CCCC5)cc4c3)c2n1. The first-order valence-corrected chi connectivity index (χ1v) is 10.1. The fraction of sp³-hybridized carbons (Fsp3) is 0.391. The van der Waals surface area contributed by atoms with Crippen molar-refractivity contribution >= 4 is 22.1 Å². The van der Waals surface area contributed by atoms with Crippen molar-refractivity contribution in [2.75, 3.05) is 0 Å². The molecule has 28 heavy (non-hydrogen) atoms. The minimum absolute atomic E-state index is 0.685. The second-order valence-corrected chi connectivity index (χ2v) is 8.34. The molecule has 0 unspecified atom stereocenters. The number of pyridine rings is 1. The van der Waals surface area contributed by atoms with Gasteiger partial charge in [0.25, 0.3) is 0 Å². The molecule has 5 rings (SSSR count). The Morgan fingerprint density at radius 3 is 2.64 bits per heavy atom. The van der Waals surface area contributed by atoms with E-state index < -0.39 is 5.60 Å². The van der Waals surface area contributed by atoms with Crippen molar-refractivity contribution in [3.8, 4) is 0 Å². The number of nitrogens with one attached hydrogen (secondary N) is 1. The number of hydrogen-bond donors (Lipinski definition) is 2. The fourth-order valence-electron chi connectivity index (χ4n) is 4.64. The highest BCUT2D eigenvalue weighted by atomic mass is 16.3. The molecule has 0 spiro atoms. The maximum absolute atomic E-state index is 10.9. The van der Waals surface area contributed by atoms with Gasteiger partial charge >= 0.3 is 0 Å². The largest absolute Gasteiger partial charge is 0.384 e. The Kier molecular flexibility index (Phi) is 3.85. The number of aryl methyl sites for hydroxylation is 3. The third-order valence-electron chi connectivity index (χ3n) is 6.17. The van der Waals surface area contributed by atoms with E-state index in [0.717, 1.165) is 71.5 Å². The lowest BCUT2D eigenvalue weighted by Gasteiger charge is -2.20. The lowest BCUT2D eigenvalue weighted by molar-refractivity contribution is 0.0407. The van der Waals surface area contributed by atoms with Crippen molar-refractivity contribution in [2.45, 2.75) is 58.6 Å². The van der Waals surface area contributed by atoms with Crippen molar-refractivity contribution in [2.24, 2.45) is 0 Å². The van der Waals surface area contributed by atoms with Crippen molar-refractivity contribution < 1.29 is 5.11 Å². The van der Waals surface area contributed by atoms with Crippen LogP contribution in [-0.2, 0) is 12.1 Å². The summed E-state index contributed by atoms with van der Waals surface area (Å²) in [5.41, 5.74) is 6.67. The average molecular weight is 374 g/mol. The number of aromatic nitrogens is 4. The molecule has 1 aliphatic rings. The number of benzene rings is 1. The van der Waals surface area contributed by atoms with Gasteiger partial charge in [-0.3, -0.25) is 0 Å². The Morgan fingerprint density at radius 2 is 1.86 bits per heavy atom. The summed E-state index contributed by atoms with van der Waals surface area (Å²) in [7, 11) is 0. The molecule has 0 amide bonds. The molecule has 0 aliphatic heterocycles. The van der Waals surface area contributed by atoms with Crippen LogP contribution >= 0.6 is 0 Å². The number of rotatable bonds is 3. The lowest BCUT2D eigenvalue weighted by Crippen LogP contribution is -2.21. The summed E-state index contributed by atoms with van der Waals surface area (Å²) < 4.78 is 2.19. The van der Waals surface area contributed by atoms with E-state index >= 15 is 0 Å². The van der Waals surface area contributed by atoms with E-state index in [0.29, 0.717) is 0 Å². The molecule has 1 fully saturated rings. The van der Waals surface area contributed by atoms with E-state index in [-0.39, 0.29) is 0 Å². The first-order chi connectivity index (χ1) is 13.4. The van der Waals surface area contributed by atoms with Gasteiger partial charge in [-0.05, 0) is 69.0 Å². The van der Waals surface area contributed by atoms with Crippen LogP contribution in [0.3, 0.4) is 0 Å². The summed E-state index contributed by atoms with van der Waals surface area (Å²) >= 11 is 0. The van der Waals surface area contributed by atoms with Gasteiger partial charge in [0, 0.05) is 22.3 Å². The van der Waals surface area contributed by atoms with Gasteiger partial charge in [0.1, 0.15) is 16.9 Å². The summed E-state index contributed by atoms with van der Waals surface area (Å²) in [6, 6.07) is 10.7. The monoisotopic (exact) mass is 374 g/mol. The van der Waals surface area contributed by atoms with Crippen molar-refractivity contribution in [3.63, 3.8) is 0 Å². The minimum atomic E-state index is -0.685. The highest BCUT2D eigenvalue weighted by molar-refractivity contribution is 5.81. The van der Waals surface area contributed by atoms with Gasteiger partial charge < -0.3 is 14.7 Å². The van der Waals surface area contributed by atoms with E-state index in [9.17, 15) is 5.11 Å². The molecule has 1 aliphatic carbocycles. The van der Waals surface area contributed by atoms with Gasteiger partial charge in [-0.1, -0.05) is 18.9 Å². The van der Waals surface area contributed by atoms with Crippen LogP contribution in [-0.4, -0.2) is 24.6 Å². The molecule has 3 aromatic heterocycles. The topological polar surface area (TPSA) is 66.7 Å². The second kappa shape index (κ2) is 6.17. The van der Waals surface area contributed by atoms with E-state index in [4.69, 9.17) is 9.97 Å². The molecule has 2 N–H and O–H groups in total. The molecule has 4 aromatic rings. The predicted molar refractivity (Wildman–Crippen MR) is 112 cm³/mol. The van der Waals surface area contributed by atoms with Gasteiger partial charge in [0.2, 0.25) is 0 Å². The molecular formula is C23H26N4O. The zero-order valence-electron chi connectivity index (χ0n) is 16.7. The highest BCUT2D eigenvalue weighted by Gasteiger charge is 2.34. The summed E-state index contributed by atoms with van der Waals surface area (Å²) in [4.78, 5) is 12.9. The predicted octanol–water partition coefficient (Wildman–Crippen LogP) is 4.65. The molecule has 0 radical (unpaired) electrons.